The Bertz CT molecular complexity index is 1380. The molecule has 0 aliphatic heterocycles. The first-order chi connectivity index (χ1) is 16.9. The van der Waals surface area contributed by atoms with E-state index in [1.165, 1.54) is 32.4 Å². The van der Waals surface area contributed by atoms with Crippen molar-refractivity contribution in [2.75, 3.05) is 14.2 Å². The predicted octanol–water partition coefficient (Wildman–Crippen LogP) is 4.10. The van der Waals surface area contributed by atoms with Crippen LogP contribution >= 0.6 is 0 Å². The van der Waals surface area contributed by atoms with Crippen molar-refractivity contribution in [3.63, 3.8) is 0 Å². The topological polar surface area (TPSA) is 129 Å². The van der Waals surface area contributed by atoms with E-state index in [4.69, 9.17) is 9.47 Å². The van der Waals surface area contributed by atoms with Crippen LogP contribution in [0.15, 0.2) is 72.9 Å². The summed E-state index contributed by atoms with van der Waals surface area (Å²) in [6.45, 7) is -0.117. The Hall–Kier alpha value is -4.86. The van der Waals surface area contributed by atoms with Crippen LogP contribution in [0.4, 0.5) is 5.69 Å². The van der Waals surface area contributed by atoms with Crippen LogP contribution in [0.2, 0.25) is 0 Å². The zero-order valence-corrected chi connectivity index (χ0v) is 19.0. The van der Waals surface area contributed by atoms with Gasteiger partial charge in [0, 0.05) is 36.0 Å². The minimum atomic E-state index is -0.566. The maximum absolute atomic E-state index is 13.2. The number of para-hydroxylation sites is 1. The number of rotatable bonds is 8. The maximum atomic E-state index is 13.2. The van der Waals surface area contributed by atoms with Crippen molar-refractivity contribution in [1.29, 1.82) is 0 Å². The molecule has 0 aliphatic carbocycles. The molecule has 4 aromatic rings. The third kappa shape index (κ3) is 4.91. The van der Waals surface area contributed by atoms with Crippen molar-refractivity contribution in [3.8, 4) is 34.2 Å². The Morgan fingerprint density at radius 1 is 1.06 bits per heavy atom. The lowest BCUT2D eigenvalue weighted by Gasteiger charge is -2.10. The summed E-state index contributed by atoms with van der Waals surface area (Å²) in [5, 5.41) is 28.5. The van der Waals surface area contributed by atoms with Crippen molar-refractivity contribution in [1.82, 2.24) is 15.1 Å². The second-order valence-electron chi connectivity index (χ2n) is 7.49. The van der Waals surface area contributed by atoms with E-state index in [-0.39, 0.29) is 29.1 Å². The van der Waals surface area contributed by atoms with E-state index < -0.39 is 10.8 Å². The molecule has 10 nitrogen and oxygen atoms in total. The average Bonchev–Trinajstić information content (AvgIpc) is 3.33. The molecule has 0 unspecified atom stereocenters. The van der Waals surface area contributed by atoms with E-state index in [1.54, 1.807) is 29.1 Å². The minimum Gasteiger partial charge on any atom is -0.508 e. The van der Waals surface area contributed by atoms with E-state index in [0.717, 1.165) is 5.69 Å². The lowest BCUT2D eigenvalue weighted by atomic mass is 10.1. The molecule has 2 N–H and O–H groups in total. The number of methoxy groups -OCH3 is 2. The highest BCUT2D eigenvalue weighted by Crippen LogP contribution is 2.33. The van der Waals surface area contributed by atoms with Crippen LogP contribution in [0.25, 0.3) is 16.9 Å². The SMILES string of the molecule is COc1ccc(-c2nn(-c3ccccc3)cc2C(=O)NCc2cc([N+](=O)[O-])ccc2O)cc1OC. The molecule has 178 valence electrons. The van der Waals surface area contributed by atoms with Gasteiger partial charge in [0.1, 0.15) is 11.4 Å². The van der Waals surface area contributed by atoms with Gasteiger partial charge in [0.15, 0.2) is 11.5 Å². The number of benzene rings is 3. The summed E-state index contributed by atoms with van der Waals surface area (Å²) in [4.78, 5) is 23.7. The van der Waals surface area contributed by atoms with Gasteiger partial charge in [-0.2, -0.15) is 5.10 Å². The van der Waals surface area contributed by atoms with Gasteiger partial charge in [0.05, 0.1) is 30.4 Å². The summed E-state index contributed by atoms with van der Waals surface area (Å²) in [6, 6.07) is 18.2. The molecular weight excluding hydrogens is 452 g/mol. The minimum absolute atomic E-state index is 0.117. The van der Waals surface area contributed by atoms with Gasteiger partial charge in [-0.3, -0.25) is 14.9 Å². The molecule has 10 heteroatoms. The van der Waals surface area contributed by atoms with Crippen molar-refractivity contribution in [2.24, 2.45) is 0 Å². The predicted molar refractivity (Wildman–Crippen MR) is 128 cm³/mol. The van der Waals surface area contributed by atoms with E-state index >= 15 is 0 Å². The van der Waals surface area contributed by atoms with Gasteiger partial charge in [-0.1, -0.05) is 18.2 Å². The average molecular weight is 474 g/mol. The standard InChI is InChI=1S/C25H22N4O6/c1-34-22-11-8-16(13-23(22)35-2)24-20(15-28(27-24)18-6-4-3-5-7-18)25(31)26-14-17-12-19(29(32)33)9-10-21(17)30/h3-13,15,30H,14H2,1-2H3,(H,26,31). The van der Waals surface area contributed by atoms with Crippen LogP contribution in [-0.2, 0) is 6.54 Å². The van der Waals surface area contributed by atoms with Gasteiger partial charge in [-0.05, 0) is 36.4 Å². The monoisotopic (exact) mass is 474 g/mol. The van der Waals surface area contributed by atoms with Crippen molar-refractivity contribution in [3.05, 3.63) is 94.2 Å². The molecule has 1 amide bonds. The number of amides is 1. The number of carbonyl (C=O) groups excluding carboxylic acids is 1. The van der Waals surface area contributed by atoms with Gasteiger partial charge in [0.2, 0.25) is 0 Å². The quantitative estimate of drug-likeness (QED) is 0.291. The van der Waals surface area contributed by atoms with Gasteiger partial charge in [-0.15, -0.1) is 0 Å². The van der Waals surface area contributed by atoms with Crippen LogP contribution < -0.4 is 14.8 Å². The fraction of sp³-hybridized carbons (Fsp3) is 0.120. The van der Waals surface area contributed by atoms with Gasteiger partial charge in [-0.25, -0.2) is 4.68 Å². The number of phenolic OH excluding ortho intramolecular Hbond substituents is 1. The Morgan fingerprint density at radius 2 is 1.80 bits per heavy atom. The summed E-state index contributed by atoms with van der Waals surface area (Å²) in [5.74, 6) is 0.386. The van der Waals surface area contributed by atoms with Crippen LogP contribution in [0.1, 0.15) is 15.9 Å². The third-order valence-electron chi connectivity index (χ3n) is 5.35. The fourth-order valence-corrected chi connectivity index (χ4v) is 3.55. The maximum Gasteiger partial charge on any atom is 0.270 e. The molecule has 0 atom stereocenters. The molecule has 0 fully saturated rings. The number of nitrogens with zero attached hydrogens (tertiary/aromatic N) is 3. The molecule has 3 aromatic carbocycles. The molecule has 1 aromatic heterocycles. The zero-order valence-electron chi connectivity index (χ0n) is 19.0. The molecule has 0 saturated heterocycles. The highest BCUT2D eigenvalue weighted by molar-refractivity contribution is 6.00. The first-order valence-corrected chi connectivity index (χ1v) is 10.5. The summed E-state index contributed by atoms with van der Waals surface area (Å²) in [6.07, 6.45) is 1.60. The van der Waals surface area contributed by atoms with Gasteiger partial charge in [0.25, 0.3) is 11.6 Å². The van der Waals surface area contributed by atoms with Crippen LogP contribution in [-0.4, -0.2) is 39.9 Å². The highest BCUT2D eigenvalue weighted by atomic mass is 16.6. The second-order valence-corrected chi connectivity index (χ2v) is 7.49. The number of non-ortho nitro benzene ring substituents is 1. The third-order valence-corrected chi connectivity index (χ3v) is 5.35. The van der Waals surface area contributed by atoms with E-state index in [2.05, 4.69) is 10.4 Å². The number of aromatic hydroxyl groups is 1. The summed E-state index contributed by atoms with van der Waals surface area (Å²) in [5.41, 5.74) is 2.08. The van der Waals surface area contributed by atoms with Crippen LogP contribution in [0.5, 0.6) is 17.2 Å². The lowest BCUT2D eigenvalue weighted by Crippen LogP contribution is -2.23. The summed E-state index contributed by atoms with van der Waals surface area (Å²) >= 11 is 0. The number of nitrogens with one attached hydrogen (secondary N) is 1. The summed E-state index contributed by atoms with van der Waals surface area (Å²) < 4.78 is 12.3. The van der Waals surface area contributed by atoms with Gasteiger partial charge >= 0.3 is 0 Å². The van der Waals surface area contributed by atoms with Crippen LogP contribution in [0.3, 0.4) is 0 Å². The molecule has 0 spiro atoms. The normalized spacial score (nSPS) is 10.6. The Labute approximate surface area is 200 Å². The zero-order chi connectivity index (χ0) is 24.9. The van der Waals surface area contributed by atoms with Crippen LogP contribution in [0, 0.1) is 10.1 Å². The van der Waals surface area contributed by atoms with E-state index in [0.29, 0.717) is 22.8 Å². The molecule has 0 bridgehead atoms. The number of hydrogen-bond acceptors (Lipinski definition) is 7. The Kier molecular flexibility index (Phi) is 6.63. The molecule has 0 saturated carbocycles. The fourth-order valence-electron chi connectivity index (χ4n) is 3.55. The molecule has 0 aliphatic rings. The molecule has 4 rings (SSSR count). The smallest absolute Gasteiger partial charge is 0.270 e. The van der Waals surface area contributed by atoms with Crippen molar-refractivity contribution in [2.45, 2.75) is 6.54 Å². The molecule has 1 heterocycles. The van der Waals surface area contributed by atoms with Crippen molar-refractivity contribution < 1.29 is 24.3 Å². The number of nitro benzene ring substituents is 1. The van der Waals surface area contributed by atoms with Gasteiger partial charge < -0.3 is 19.9 Å². The number of aromatic nitrogens is 2. The Balaban J connectivity index is 1.71. The lowest BCUT2D eigenvalue weighted by molar-refractivity contribution is -0.384. The molecular formula is C25H22N4O6. The molecule has 35 heavy (non-hydrogen) atoms. The number of ether oxygens (including phenoxy) is 2. The first kappa shape index (κ1) is 23.3. The Morgan fingerprint density at radius 3 is 2.49 bits per heavy atom. The number of carbonyl (C=O) groups is 1. The summed E-state index contributed by atoms with van der Waals surface area (Å²) in [7, 11) is 3.05. The number of nitro groups is 1. The molecule has 0 radical (unpaired) electrons. The van der Waals surface area contributed by atoms with E-state index in [1.807, 2.05) is 30.3 Å². The van der Waals surface area contributed by atoms with E-state index in [9.17, 15) is 20.0 Å². The van der Waals surface area contributed by atoms with Crippen molar-refractivity contribution >= 4 is 11.6 Å². The second kappa shape index (κ2) is 9.96. The highest BCUT2D eigenvalue weighted by Gasteiger charge is 2.21. The largest absolute Gasteiger partial charge is 0.508 e. The number of hydrogen-bond donors (Lipinski definition) is 2. The number of phenols is 1. The first-order valence-electron chi connectivity index (χ1n) is 10.5.